The van der Waals surface area contributed by atoms with Crippen molar-refractivity contribution in [2.24, 2.45) is 0 Å². The maximum atomic E-state index is 12.0. The molecule has 106 valence electrons. The Bertz CT molecular complexity index is 274. The first-order valence-electron chi connectivity index (χ1n) is 7.06. The second-order valence-electron chi connectivity index (χ2n) is 5.91. The van der Waals surface area contributed by atoms with Crippen molar-refractivity contribution in [1.29, 1.82) is 0 Å². The average molecular weight is 255 g/mol. The van der Waals surface area contributed by atoms with E-state index in [0.717, 1.165) is 13.0 Å². The first kappa shape index (κ1) is 15.4. The molecule has 1 saturated carbocycles. The summed E-state index contributed by atoms with van der Waals surface area (Å²) in [6.45, 7) is 5.54. The third-order valence-corrected chi connectivity index (χ3v) is 4.40. The molecular formula is C14H29N3O. The van der Waals surface area contributed by atoms with Gasteiger partial charge in [0.25, 0.3) is 0 Å². The summed E-state index contributed by atoms with van der Waals surface area (Å²) in [6, 6.07) is 0.411. The van der Waals surface area contributed by atoms with Crippen molar-refractivity contribution in [2.45, 2.75) is 51.1 Å². The lowest BCUT2D eigenvalue weighted by Gasteiger charge is -2.49. The normalized spacial score (nSPS) is 19.4. The summed E-state index contributed by atoms with van der Waals surface area (Å²) in [5.41, 5.74) is 0.223. The van der Waals surface area contributed by atoms with Crippen molar-refractivity contribution >= 4 is 5.91 Å². The molecule has 0 radical (unpaired) electrons. The number of hydrogen-bond donors (Lipinski definition) is 1. The van der Waals surface area contributed by atoms with E-state index >= 15 is 0 Å². The zero-order chi connectivity index (χ0) is 13.8. The minimum absolute atomic E-state index is 0.198. The SMILES string of the molecule is CCC(C)NCC(=O)N(C)CC1(N(C)C)CCC1. The van der Waals surface area contributed by atoms with E-state index in [4.69, 9.17) is 0 Å². The third kappa shape index (κ3) is 3.69. The third-order valence-electron chi connectivity index (χ3n) is 4.40. The summed E-state index contributed by atoms with van der Waals surface area (Å²) in [4.78, 5) is 16.2. The highest BCUT2D eigenvalue weighted by Gasteiger charge is 2.40. The van der Waals surface area contributed by atoms with Crippen LogP contribution in [-0.4, -0.2) is 61.5 Å². The largest absolute Gasteiger partial charge is 0.343 e. The Morgan fingerprint density at radius 2 is 1.94 bits per heavy atom. The zero-order valence-corrected chi connectivity index (χ0v) is 12.6. The van der Waals surface area contributed by atoms with Gasteiger partial charge in [0.1, 0.15) is 0 Å². The van der Waals surface area contributed by atoms with Gasteiger partial charge in [0.05, 0.1) is 6.54 Å². The second-order valence-corrected chi connectivity index (χ2v) is 5.91. The van der Waals surface area contributed by atoms with Gasteiger partial charge in [-0.3, -0.25) is 4.79 Å². The summed E-state index contributed by atoms with van der Waals surface area (Å²) in [7, 11) is 6.16. The van der Waals surface area contributed by atoms with Crippen LogP contribution in [0.15, 0.2) is 0 Å². The quantitative estimate of drug-likeness (QED) is 0.745. The number of amides is 1. The van der Waals surface area contributed by atoms with Crippen molar-refractivity contribution in [3.05, 3.63) is 0 Å². The topological polar surface area (TPSA) is 35.6 Å². The van der Waals surface area contributed by atoms with E-state index in [9.17, 15) is 4.79 Å². The summed E-state index contributed by atoms with van der Waals surface area (Å²) < 4.78 is 0. The van der Waals surface area contributed by atoms with Crippen LogP contribution in [0.3, 0.4) is 0 Å². The van der Waals surface area contributed by atoms with Crippen LogP contribution in [0.2, 0.25) is 0 Å². The Hall–Kier alpha value is -0.610. The molecule has 0 saturated heterocycles. The molecule has 1 amide bonds. The van der Waals surface area contributed by atoms with Crippen LogP contribution in [0.5, 0.6) is 0 Å². The highest BCUT2D eigenvalue weighted by molar-refractivity contribution is 5.78. The Morgan fingerprint density at radius 1 is 1.33 bits per heavy atom. The van der Waals surface area contributed by atoms with E-state index in [1.54, 1.807) is 0 Å². The molecule has 0 aliphatic heterocycles. The van der Waals surface area contributed by atoms with Crippen LogP contribution in [0.25, 0.3) is 0 Å². The molecule has 1 unspecified atom stereocenters. The number of likely N-dealkylation sites (N-methyl/N-ethyl adjacent to an activating group) is 2. The van der Waals surface area contributed by atoms with E-state index in [1.165, 1.54) is 19.3 Å². The van der Waals surface area contributed by atoms with Crippen LogP contribution in [0.4, 0.5) is 0 Å². The van der Waals surface area contributed by atoms with Crippen molar-refractivity contribution in [3.8, 4) is 0 Å². The molecule has 1 aliphatic rings. The van der Waals surface area contributed by atoms with Crippen molar-refractivity contribution < 1.29 is 4.79 Å². The predicted octanol–water partition coefficient (Wildman–Crippen LogP) is 1.32. The van der Waals surface area contributed by atoms with E-state index in [-0.39, 0.29) is 11.4 Å². The van der Waals surface area contributed by atoms with Crippen molar-refractivity contribution in [1.82, 2.24) is 15.1 Å². The van der Waals surface area contributed by atoms with Crippen LogP contribution >= 0.6 is 0 Å². The molecule has 0 aromatic heterocycles. The lowest BCUT2D eigenvalue weighted by molar-refractivity contribution is -0.131. The monoisotopic (exact) mass is 255 g/mol. The summed E-state index contributed by atoms with van der Waals surface area (Å²) in [6.07, 6.45) is 4.75. The zero-order valence-electron chi connectivity index (χ0n) is 12.6. The van der Waals surface area contributed by atoms with Gasteiger partial charge < -0.3 is 15.1 Å². The molecule has 18 heavy (non-hydrogen) atoms. The predicted molar refractivity (Wildman–Crippen MR) is 75.7 cm³/mol. The molecule has 1 N–H and O–H groups in total. The van der Waals surface area contributed by atoms with E-state index in [2.05, 4.69) is 38.2 Å². The standard InChI is InChI=1S/C14H29N3O/c1-6-12(2)15-10-13(18)17(5)11-14(16(3)4)8-7-9-14/h12,15H,6-11H2,1-5H3. The minimum atomic E-state index is 0.198. The number of carbonyl (C=O) groups is 1. The molecule has 0 heterocycles. The average Bonchev–Trinajstić information content (AvgIpc) is 2.29. The van der Waals surface area contributed by atoms with Crippen LogP contribution < -0.4 is 5.32 Å². The fourth-order valence-corrected chi connectivity index (χ4v) is 2.40. The Balaban J connectivity index is 2.39. The van der Waals surface area contributed by atoms with E-state index < -0.39 is 0 Å². The van der Waals surface area contributed by atoms with E-state index in [1.807, 2.05) is 11.9 Å². The van der Waals surface area contributed by atoms with E-state index in [0.29, 0.717) is 12.6 Å². The maximum Gasteiger partial charge on any atom is 0.236 e. The lowest BCUT2D eigenvalue weighted by atomic mass is 9.75. The van der Waals surface area contributed by atoms with Crippen molar-refractivity contribution in [2.75, 3.05) is 34.2 Å². The molecule has 4 nitrogen and oxygen atoms in total. The molecule has 1 fully saturated rings. The van der Waals surface area contributed by atoms with Gasteiger partial charge in [-0.15, -0.1) is 0 Å². The molecule has 0 bridgehead atoms. The van der Waals surface area contributed by atoms with Gasteiger partial charge in [-0.1, -0.05) is 6.92 Å². The van der Waals surface area contributed by atoms with Crippen LogP contribution in [0, 0.1) is 0 Å². The van der Waals surface area contributed by atoms with Gasteiger partial charge in [-0.25, -0.2) is 0 Å². The summed E-state index contributed by atoms with van der Waals surface area (Å²) in [5, 5.41) is 3.26. The summed E-state index contributed by atoms with van der Waals surface area (Å²) in [5.74, 6) is 0.198. The van der Waals surface area contributed by atoms with Crippen LogP contribution in [-0.2, 0) is 4.79 Å². The van der Waals surface area contributed by atoms with Gasteiger partial charge in [0.2, 0.25) is 5.91 Å². The first-order valence-corrected chi connectivity index (χ1v) is 7.06. The Kier molecular flexibility index (Phi) is 5.60. The number of nitrogens with zero attached hydrogens (tertiary/aromatic N) is 2. The minimum Gasteiger partial charge on any atom is -0.343 e. The molecule has 0 spiro atoms. The second kappa shape index (κ2) is 6.53. The fourth-order valence-electron chi connectivity index (χ4n) is 2.40. The number of rotatable bonds is 7. The number of carbonyl (C=O) groups excluding carboxylic acids is 1. The molecule has 0 aromatic rings. The Labute approximate surface area is 112 Å². The molecule has 1 rings (SSSR count). The van der Waals surface area contributed by atoms with Gasteiger partial charge in [-0.2, -0.15) is 0 Å². The molecular weight excluding hydrogens is 226 g/mol. The Morgan fingerprint density at radius 3 is 2.33 bits per heavy atom. The number of nitrogens with one attached hydrogen (secondary N) is 1. The van der Waals surface area contributed by atoms with Crippen molar-refractivity contribution in [3.63, 3.8) is 0 Å². The van der Waals surface area contributed by atoms with Gasteiger partial charge in [0.15, 0.2) is 0 Å². The van der Waals surface area contributed by atoms with Gasteiger partial charge in [-0.05, 0) is 46.7 Å². The fraction of sp³-hybridized carbons (Fsp3) is 0.929. The highest BCUT2D eigenvalue weighted by atomic mass is 16.2. The maximum absolute atomic E-state index is 12.0. The number of hydrogen-bond acceptors (Lipinski definition) is 3. The first-order chi connectivity index (χ1) is 8.41. The summed E-state index contributed by atoms with van der Waals surface area (Å²) >= 11 is 0. The molecule has 4 heteroatoms. The molecule has 1 atom stereocenters. The van der Waals surface area contributed by atoms with Gasteiger partial charge in [0, 0.05) is 25.2 Å². The highest BCUT2D eigenvalue weighted by Crippen LogP contribution is 2.36. The lowest BCUT2D eigenvalue weighted by Crippen LogP contribution is -2.58. The van der Waals surface area contributed by atoms with Gasteiger partial charge >= 0.3 is 0 Å². The molecule has 0 aromatic carbocycles. The van der Waals surface area contributed by atoms with Crippen LogP contribution in [0.1, 0.15) is 39.5 Å². The molecule has 1 aliphatic carbocycles. The smallest absolute Gasteiger partial charge is 0.236 e.